The number of fused-ring (bicyclic) bond motifs is 1. The third-order valence-corrected chi connectivity index (χ3v) is 7.17. The van der Waals surface area contributed by atoms with Crippen LogP contribution in [0.15, 0.2) is 77.2 Å². The lowest BCUT2D eigenvalue weighted by atomic mass is 10.1. The lowest BCUT2D eigenvalue weighted by Crippen LogP contribution is -2.48. The van der Waals surface area contributed by atoms with Crippen LogP contribution in [0.5, 0.6) is 5.75 Å². The molecule has 0 saturated carbocycles. The van der Waals surface area contributed by atoms with Crippen molar-refractivity contribution < 1.29 is 28.3 Å². The minimum absolute atomic E-state index is 0.103. The van der Waals surface area contributed by atoms with Crippen LogP contribution in [-0.4, -0.2) is 60.0 Å². The molecule has 0 bridgehead atoms. The van der Waals surface area contributed by atoms with E-state index in [9.17, 15) is 14.4 Å². The second-order valence-electron chi connectivity index (χ2n) is 9.65. The Labute approximate surface area is 224 Å². The minimum atomic E-state index is -0.933. The van der Waals surface area contributed by atoms with Gasteiger partial charge in [-0.05, 0) is 67.4 Å². The summed E-state index contributed by atoms with van der Waals surface area (Å²) in [5.74, 6) is -0.165. The van der Waals surface area contributed by atoms with Crippen molar-refractivity contribution in [2.45, 2.75) is 31.4 Å². The number of ether oxygens (including phenoxy) is 2. The molecule has 2 fully saturated rings. The number of rotatable bonds is 7. The average molecular weight is 526 g/mol. The molecular weight excluding hydrogens is 498 g/mol. The molecule has 0 aliphatic carbocycles. The minimum Gasteiger partial charge on any atom is -0.497 e. The van der Waals surface area contributed by atoms with Crippen LogP contribution in [0.25, 0.3) is 22.6 Å². The fourth-order valence-electron chi connectivity index (χ4n) is 5.16. The molecule has 3 amide bonds. The number of para-hydroxylation sites is 2. The van der Waals surface area contributed by atoms with Crippen molar-refractivity contribution in [3.63, 3.8) is 0 Å². The van der Waals surface area contributed by atoms with Crippen LogP contribution >= 0.6 is 0 Å². The highest BCUT2D eigenvalue weighted by molar-refractivity contribution is 6.23. The molecule has 3 aromatic carbocycles. The number of nitrogens with zero attached hydrogens (tertiary/aromatic N) is 3. The van der Waals surface area contributed by atoms with Crippen molar-refractivity contribution >= 4 is 34.5 Å². The smallest absolute Gasteiger partial charge is 0.257 e. The number of hydrogen-bond acceptors (Lipinski definition) is 7. The van der Waals surface area contributed by atoms with Gasteiger partial charge in [-0.3, -0.25) is 14.4 Å². The summed E-state index contributed by atoms with van der Waals surface area (Å²) in [4.78, 5) is 47.6. The van der Waals surface area contributed by atoms with E-state index in [0.717, 1.165) is 28.8 Å². The van der Waals surface area contributed by atoms with E-state index in [1.165, 1.54) is 12.0 Å². The van der Waals surface area contributed by atoms with Crippen molar-refractivity contribution in [3.8, 4) is 17.2 Å². The largest absolute Gasteiger partial charge is 0.497 e. The topological polar surface area (TPSA) is 102 Å². The Balaban J connectivity index is 1.26. The highest BCUT2D eigenvalue weighted by atomic mass is 16.5. The van der Waals surface area contributed by atoms with E-state index in [1.807, 2.05) is 24.3 Å². The van der Waals surface area contributed by atoms with Gasteiger partial charge in [0.25, 0.3) is 11.8 Å². The maximum atomic E-state index is 13.7. The van der Waals surface area contributed by atoms with E-state index in [2.05, 4.69) is 4.98 Å². The normalized spacial score (nSPS) is 19.2. The fraction of sp³-hybridized carbons (Fsp3) is 0.267. The summed E-state index contributed by atoms with van der Waals surface area (Å²) in [5.41, 5.74) is 2.96. The number of hydrogen-bond donors (Lipinski definition) is 0. The summed E-state index contributed by atoms with van der Waals surface area (Å²) in [6, 6.07) is 20.2. The zero-order chi connectivity index (χ0) is 26.9. The van der Waals surface area contributed by atoms with Crippen LogP contribution in [-0.2, 0) is 14.3 Å². The van der Waals surface area contributed by atoms with Crippen LogP contribution in [0.1, 0.15) is 29.6 Å². The fourth-order valence-corrected chi connectivity index (χ4v) is 5.16. The molecule has 2 unspecified atom stereocenters. The maximum absolute atomic E-state index is 13.7. The summed E-state index contributed by atoms with van der Waals surface area (Å²) < 4.78 is 16.9. The first-order valence-electron chi connectivity index (χ1n) is 12.9. The first kappa shape index (κ1) is 24.8. The van der Waals surface area contributed by atoms with E-state index in [1.54, 1.807) is 48.5 Å². The van der Waals surface area contributed by atoms with E-state index in [4.69, 9.17) is 13.9 Å². The van der Waals surface area contributed by atoms with Gasteiger partial charge in [0.2, 0.25) is 11.8 Å². The Morgan fingerprint density at radius 1 is 1.08 bits per heavy atom. The van der Waals surface area contributed by atoms with Gasteiger partial charge in [-0.2, -0.15) is 0 Å². The van der Waals surface area contributed by atoms with Gasteiger partial charge in [0, 0.05) is 24.3 Å². The number of anilines is 1. The standard InChI is InChI=1S/C30H27N3O6/c1-37-22-7-4-6-20(16-22)29(35)32(18-23-8-5-15-38-23)25-17-27(34)33(30(25)36)21-13-11-19(12-14-21)28-31-24-9-2-3-10-26(24)39-28/h2-4,6-7,9-14,16,23,25H,5,8,15,17-18H2,1H3. The first-order chi connectivity index (χ1) is 19.0. The zero-order valence-electron chi connectivity index (χ0n) is 21.4. The van der Waals surface area contributed by atoms with Gasteiger partial charge in [-0.25, -0.2) is 9.88 Å². The molecule has 0 spiro atoms. The summed E-state index contributed by atoms with van der Waals surface area (Å²) in [6.45, 7) is 0.839. The molecule has 2 saturated heterocycles. The molecule has 1 aromatic heterocycles. The SMILES string of the molecule is COc1cccc(C(=O)N(CC2CCCO2)C2CC(=O)N(c3ccc(-c4nc5ccccc5o4)cc3)C2=O)c1. The second-order valence-corrected chi connectivity index (χ2v) is 9.65. The molecule has 2 aliphatic heterocycles. The van der Waals surface area contributed by atoms with Gasteiger partial charge in [-0.15, -0.1) is 0 Å². The molecule has 2 atom stereocenters. The van der Waals surface area contributed by atoms with Crippen molar-refractivity contribution in [2.24, 2.45) is 0 Å². The molecule has 6 rings (SSSR count). The lowest BCUT2D eigenvalue weighted by Gasteiger charge is -2.30. The van der Waals surface area contributed by atoms with E-state index < -0.39 is 11.9 Å². The van der Waals surface area contributed by atoms with E-state index in [0.29, 0.717) is 35.1 Å². The van der Waals surface area contributed by atoms with Crippen LogP contribution in [0, 0.1) is 0 Å². The van der Waals surface area contributed by atoms with Crippen LogP contribution in [0.2, 0.25) is 0 Å². The number of amides is 3. The number of methoxy groups -OCH3 is 1. The molecule has 39 heavy (non-hydrogen) atoms. The van der Waals surface area contributed by atoms with Crippen molar-refractivity contribution in [1.82, 2.24) is 9.88 Å². The van der Waals surface area contributed by atoms with E-state index in [-0.39, 0.29) is 30.9 Å². The van der Waals surface area contributed by atoms with E-state index >= 15 is 0 Å². The monoisotopic (exact) mass is 525 g/mol. The van der Waals surface area contributed by atoms with Crippen LogP contribution < -0.4 is 9.64 Å². The quantitative estimate of drug-likeness (QED) is 0.328. The van der Waals surface area contributed by atoms with Crippen molar-refractivity contribution in [1.29, 1.82) is 0 Å². The lowest BCUT2D eigenvalue weighted by molar-refractivity contribution is -0.122. The predicted molar refractivity (Wildman–Crippen MR) is 143 cm³/mol. The second kappa shape index (κ2) is 10.3. The Morgan fingerprint density at radius 2 is 1.90 bits per heavy atom. The number of aromatic nitrogens is 1. The summed E-state index contributed by atoms with van der Waals surface area (Å²) in [5, 5.41) is 0. The molecule has 3 heterocycles. The summed E-state index contributed by atoms with van der Waals surface area (Å²) in [6.07, 6.45) is 1.39. The van der Waals surface area contributed by atoms with Gasteiger partial charge in [0.05, 0.1) is 25.3 Å². The van der Waals surface area contributed by atoms with Gasteiger partial charge in [0.15, 0.2) is 5.58 Å². The van der Waals surface area contributed by atoms with Gasteiger partial charge in [-0.1, -0.05) is 18.2 Å². The Kier molecular flexibility index (Phi) is 6.58. The molecule has 4 aromatic rings. The van der Waals surface area contributed by atoms with Gasteiger partial charge < -0.3 is 18.8 Å². The Bertz CT molecular complexity index is 1510. The Morgan fingerprint density at radius 3 is 2.64 bits per heavy atom. The Hall–Kier alpha value is -4.50. The first-order valence-corrected chi connectivity index (χ1v) is 12.9. The number of imide groups is 1. The predicted octanol–water partition coefficient (Wildman–Crippen LogP) is 4.46. The highest BCUT2D eigenvalue weighted by Crippen LogP contribution is 2.31. The average Bonchev–Trinajstić information content (AvgIpc) is 3.71. The molecule has 0 radical (unpaired) electrons. The van der Waals surface area contributed by atoms with Crippen LogP contribution in [0.3, 0.4) is 0 Å². The molecular formula is C30H27N3O6. The molecule has 9 heteroatoms. The zero-order valence-corrected chi connectivity index (χ0v) is 21.4. The number of carbonyl (C=O) groups excluding carboxylic acids is 3. The molecule has 198 valence electrons. The molecule has 2 aliphatic rings. The number of benzene rings is 3. The molecule has 9 nitrogen and oxygen atoms in total. The third-order valence-electron chi connectivity index (χ3n) is 7.17. The number of carbonyl (C=O) groups is 3. The maximum Gasteiger partial charge on any atom is 0.257 e. The van der Waals surface area contributed by atoms with Crippen molar-refractivity contribution in [2.75, 3.05) is 25.2 Å². The van der Waals surface area contributed by atoms with Gasteiger partial charge in [0.1, 0.15) is 17.3 Å². The summed E-state index contributed by atoms with van der Waals surface area (Å²) in [7, 11) is 1.53. The van der Waals surface area contributed by atoms with Crippen LogP contribution in [0.4, 0.5) is 5.69 Å². The van der Waals surface area contributed by atoms with Gasteiger partial charge >= 0.3 is 0 Å². The highest BCUT2D eigenvalue weighted by Gasteiger charge is 2.45. The number of oxazole rings is 1. The third kappa shape index (κ3) is 4.77. The van der Waals surface area contributed by atoms with Crippen molar-refractivity contribution in [3.05, 3.63) is 78.4 Å². The summed E-state index contributed by atoms with van der Waals surface area (Å²) >= 11 is 0. The molecule has 0 N–H and O–H groups in total.